The Bertz CT molecular complexity index is 732. The predicted molar refractivity (Wildman–Crippen MR) is 87.5 cm³/mol. The minimum Gasteiger partial charge on any atom is -0.344 e. The van der Waals surface area contributed by atoms with Gasteiger partial charge in [0.25, 0.3) is 0 Å². The molecule has 0 saturated heterocycles. The van der Waals surface area contributed by atoms with Gasteiger partial charge >= 0.3 is 0 Å². The first-order valence-electron chi connectivity index (χ1n) is 6.15. The van der Waals surface area contributed by atoms with Crippen LogP contribution in [0.1, 0.15) is 19.4 Å². The summed E-state index contributed by atoms with van der Waals surface area (Å²) < 4.78 is 2.46. The molecule has 2 aromatic carbocycles. The molecule has 0 amide bonds. The van der Waals surface area contributed by atoms with Gasteiger partial charge in [0.1, 0.15) is 0 Å². The zero-order valence-electron chi connectivity index (χ0n) is 10.9. The third kappa shape index (κ3) is 1.74. The normalized spacial score (nSPS) is 12.4. The summed E-state index contributed by atoms with van der Waals surface area (Å²) in [5.41, 5.74) is 4.00. The molecule has 0 aliphatic heterocycles. The van der Waals surface area contributed by atoms with E-state index < -0.39 is 0 Å². The zero-order valence-corrected chi connectivity index (χ0v) is 13.0. The molecule has 92 valence electrons. The molecule has 0 fully saturated rings. The number of benzene rings is 2. The maximum Gasteiger partial charge on any atom is 0.0491 e. The van der Waals surface area contributed by atoms with Crippen molar-refractivity contribution in [3.05, 3.63) is 48.0 Å². The van der Waals surface area contributed by atoms with Crippen molar-refractivity contribution in [3.8, 4) is 0 Å². The van der Waals surface area contributed by atoms with Gasteiger partial charge in [-0.15, -0.1) is 0 Å². The quantitative estimate of drug-likeness (QED) is 0.430. The van der Waals surface area contributed by atoms with Crippen LogP contribution in [0.2, 0.25) is 0 Å². The first-order valence-corrected chi connectivity index (χ1v) is 7.23. The summed E-state index contributed by atoms with van der Waals surface area (Å²) in [5, 5.41) is 2.69. The molecule has 0 aliphatic carbocycles. The van der Waals surface area contributed by atoms with E-state index in [1.54, 1.807) is 0 Å². The van der Waals surface area contributed by atoms with Gasteiger partial charge in [0.2, 0.25) is 0 Å². The number of rotatable bonds is 1. The second-order valence-electron chi connectivity index (χ2n) is 5.28. The Hall–Kier alpha value is -1.03. The SMILES string of the molecule is Cn1c2ccccc2c2ccc(C(C)(C)I)cc21. The van der Waals surface area contributed by atoms with E-state index in [9.17, 15) is 0 Å². The van der Waals surface area contributed by atoms with Gasteiger partial charge in [-0.25, -0.2) is 0 Å². The largest absolute Gasteiger partial charge is 0.344 e. The molecule has 3 aromatic rings. The Morgan fingerprint density at radius 1 is 0.944 bits per heavy atom. The third-order valence-corrected chi connectivity index (χ3v) is 4.22. The van der Waals surface area contributed by atoms with Crippen LogP contribution in [-0.2, 0) is 10.5 Å². The van der Waals surface area contributed by atoms with Crippen LogP contribution in [0.3, 0.4) is 0 Å². The molecule has 3 rings (SSSR count). The van der Waals surface area contributed by atoms with Crippen LogP contribution < -0.4 is 0 Å². The van der Waals surface area contributed by atoms with E-state index in [0.717, 1.165) is 0 Å². The van der Waals surface area contributed by atoms with Gasteiger partial charge in [0, 0.05) is 32.3 Å². The average Bonchev–Trinajstić information content (AvgIpc) is 2.63. The van der Waals surface area contributed by atoms with E-state index >= 15 is 0 Å². The fraction of sp³-hybridized carbons (Fsp3) is 0.250. The van der Waals surface area contributed by atoms with E-state index in [1.165, 1.54) is 27.4 Å². The van der Waals surface area contributed by atoms with Crippen LogP contribution >= 0.6 is 22.6 Å². The van der Waals surface area contributed by atoms with Crippen molar-refractivity contribution in [2.45, 2.75) is 17.3 Å². The van der Waals surface area contributed by atoms with Crippen molar-refractivity contribution in [3.63, 3.8) is 0 Å². The van der Waals surface area contributed by atoms with Gasteiger partial charge in [-0.1, -0.05) is 52.9 Å². The highest BCUT2D eigenvalue weighted by molar-refractivity contribution is 14.1. The summed E-state index contributed by atoms with van der Waals surface area (Å²) in [5.74, 6) is 0. The lowest BCUT2D eigenvalue weighted by Crippen LogP contribution is -2.06. The fourth-order valence-corrected chi connectivity index (χ4v) is 2.87. The van der Waals surface area contributed by atoms with Crippen LogP contribution in [0.5, 0.6) is 0 Å². The van der Waals surface area contributed by atoms with E-state index in [0.29, 0.717) is 0 Å². The maximum atomic E-state index is 2.50. The van der Waals surface area contributed by atoms with Crippen molar-refractivity contribution in [2.24, 2.45) is 7.05 Å². The molecule has 0 unspecified atom stereocenters. The monoisotopic (exact) mass is 349 g/mol. The molecule has 1 aromatic heterocycles. The highest BCUT2D eigenvalue weighted by atomic mass is 127. The Balaban J connectivity index is 2.42. The van der Waals surface area contributed by atoms with Crippen molar-refractivity contribution < 1.29 is 0 Å². The highest BCUT2D eigenvalue weighted by Gasteiger charge is 2.17. The van der Waals surface area contributed by atoms with Gasteiger partial charge in [-0.3, -0.25) is 0 Å². The molecule has 0 N–H and O–H groups in total. The summed E-state index contributed by atoms with van der Waals surface area (Å²) >= 11 is 2.50. The number of halogens is 1. The van der Waals surface area contributed by atoms with E-state index in [1.807, 2.05) is 0 Å². The minimum absolute atomic E-state index is 0.169. The lowest BCUT2D eigenvalue weighted by Gasteiger charge is -2.17. The average molecular weight is 349 g/mol. The molecular weight excluding hydrogens is 333 g/mol. The molecule has 2 heteroatoms. The smallest absolute Gasteiger partial charge is 0.0491 e. The fourth-order valence-electron chi connectivity index (χ4n) is 2.53. The van der Waals surface area contributed by atoms with Crippen LogP contribution in [0.25, 0.3) is 21.8 Å². The maximum absolute atomic E-state index is 2.50. The molecule has 0 bridgehead atoms. The van der Waals surface area contributed by atoms with Gasteiger partial charge in [0.15, 0.2) is 0 Å². The summed E-state index contributed by atoms with van der Waals surface area (Å²) in [4.78, 5) is 0. The Labute approximate surface area is 121 Å². The Morgan fingerprint density at radius 3 is 2.33 bits per heavy atom. The van der Waals surface area contributed by atoms with Crippen molar-refractivity contribution in [2.75, 3.05) is 0 Å². The van der Waals surface area contributed by atoms with Crippen molar-refractivity contribution >= 4 is 44.4 Å². The van der Waals surface area contributed by atoms with E-state index in [2.05, 4.69) is 90.5 Å². The van der Waals surface area contributed by atoms with Crippen LogP contribution in [-0.4, -0.2) is 4.57 Å². The molecule has 1 nitrogen and oxygen atoms in total. The third-order valence-electron chi connectivity index (χ3n) is 3.60. The number of para-hydroxylation sites is 1. The van der Waals surface area contributed by atoms with Crippen molar-refractivity contribution in [1.29, 1.82) is 0 Å². The number of alkyl halides is 1. The molecular formula is C16H16IN. The molecule has 18 heavy (non-hydrogen) atoms. The lowest BCUT2D eigenvalue weighted by atomic mass is 10.0. The van der Waals surface area contributed by atoms with E-state index in [-0.39, 0.29) is 3.42 Å². The van der Waals surface area contributed by atoms with Crippen LogP contribution in [0, 0.1) is 0 Å². The Kier molecular flexibility index (Phi) is 2.66. The summed E-state index contributed by atoms with van der Waals surface area (Å²) in [7, 11) is 2.15. The molecule has 0 radical (unpaired) electrons. The first kappa shape index (κ1) is 12.0. The summed E-state index contributed by atoms with van der Waals surface area (Å²) in [6, 6.07) is 15.4. The minimum atomic E-state index is 0.169. The molecule has 0 spiro atoms. The summed E-state index contributed by atoms with van der Waals surface area (Å²) in [6.07, 6.45) is 0. The summed E-state index contributed by atoms with van der Waals surface area (Å²) in [6.45, 7) is 4.49. The topological polar surface area (TPSA) is 4.93 Å². The van der Waals surface area contributed by atoms with Gasteiger partial charge in [-0.2, -0.15) is 0 Å². The van der Waals surface area contributed by atoms with Crippen LogP contribution in [0.4, 0.5) is 0 Å². The predicted octanol–water partition coefficient (Wildman–Crippen LogP) is 5.00. The number of aryl methyl sites for hydroxylation is 1. The van der Waals surface area contributed by atoms with Crippen molar-refractivity contribution in [1.82, 2.24) is 4.57 Å². The number of nitrogens with zero attached hydrogens (tertiary/aromatic N) is 1. The molecule has 0 aliphatic rings. The number of hydrogen-bond acceptors (Lipinski definition) is 0. The lowest BCUT2D eigenvalue weighted by molar-refractivity contribution is 0.827. The molecule has 0 saturated carbocycles. The highest BCUT2D eigenvalue weighted by Crippen LogP contribution is 2.35. The van der Waals surface area contributed by atoms with Gasteiger partial charge < -0.3 is 4.57 Å². The molecule has 1 heterocycles. The standard InChI is InChI=1S/C16H16IN/c1-16(2,17)11-8-9-13-12-6-4-5-7-14(12)18(3)15(13)10-11/h4-10H,1-3H3. The number of aromatic nitrogens is 1. The van der Waals surface area contributed by atoms with E-state index in [4.69, 9.17) is 0 Å². The zero-order chi connectivity index (χ0) is 12.9. The van der Waals surface area contributed by atoms with Crippen LogP contribution in [0.15, 0.2) is 42.5 Å². The Morgan fingerprint density at radius 2 is 1.61 bits per heavy atom. The second-order valence-corrected chi connectivity index (χ2v) is 7.98. The van der Waals surface area contributed by atoms with Gasteiger partial charge in [-0.05, 0) is 31.5 Å². The van der Waals surface area contributed by atoms with Gasteiger partial charge in [0.05, 0.1) is 0 Å². The number of hydrogen-bond donors (Lipinski definition) is 0. The number of fused-ring (bicyclic) bond motifs is 3. The first-order chi connectivity index (χ1) is 8.48. The molecule has 0 atom stereocenters. The second kappa shape index (κ2) is 3.98.